The number of hydrogen-bond acceptors (Lipinski definition) is 6. The molecule has 0 aliphatic heterocycles. The molecule has 0 spiro atoms. The summed E-state index contributed by atoms with van der Waals surface area (Å²) in [7, 11) is 1.13. The van der Waals surface area contributed by atoms with Gasteiger partial charge in [0.05, 0.1) is 33.5 Å². The number of methoxy groups -OCH3 is 1. The smallest absolute Gasteiger partial charge is 0.396 e. The van der Waals surface area contributed by atoms with E-state index in [2.05, 4.69) is 21.9 Å². The van der Waals surface area contributed by atoms with Crippen LogP contribution in [0.3, 0.4) is 0 Å². The Balaban J connectivity index is 3.30. The fraction of sp³-hybridized carbons (Fsp3) is 0.615. The average Bonchev–Trinajstić information content (AvgIpc) is 2.47. The summed E-state index contributed by atoms with van der Waals surface area (Å²) in [6.07, 6.45) is 0. The van der Waals surface area contributed by atoms with E-state index in [9.17, 15) is 14.4 Å². The van der Waals surface area contributed by atoms with Gasteiger partial charge in [0.1, 0.15) is 0 Å². The number of hydrogen-bond donors (Lipinski definition) is 2. The van der Waals surface area contributed by atoms with Gasteiger partial charge in [-0.1, -0.05) is 6.58 Å². The van der Waals surface area contributed by atoms with Crippen molar-refractivity contribution in [3.05, 3.63) is 12.2 Å². The molecule has 8 nitrogen and oxygen atoms in total. The lowest BCUT2D eigenvalue weighted by Crippen LogP contribution is -2.34. The fourth-order valence-electron chi connectivity index (χ4n) is 1.11. The fourth-order valence-corrected chi connectivity index (χ4v) is 1.11. The highest BCUT2D eigenvalue weighted by molar-refractivity contribution is 6.32. The van der Waals surface area contributed by atoms with Gasteiger partial charge in [-0.2, -0.15) is 0 Å². The molecule has 0 aromatic heterocycles. The van der Waals surface area contributed by atoms with Crippen LogP contribution >= 0.6 is 0 Å². The van der Waals surface area contributed by atoms with E-state index in [0.29, 0.717) is 31.9 Å². The minimum Gasteiger partial charge on any atom is -0.462 e. The van der Waals surface area contributed by atoms with Crippen molar-refractivity contribution in [2.45, 2.75) is 6.92 Å². The summed E-state index contributed by atoms with van der Waals surface area (Å²) in [5, 5.41) is 4.96. The molecule has 0 rings (SSSR count). The van der Waals surface area contributed by atoms with E-state index in [1.54, 1.807) is 6.92 Å². The molecule has 0 aromatic carbocycles. The lowest BCUT2D eigenvalue weighted by atomic mass is 10.3. The van der Waals surface area contributed by atoms with Gasteiger partial charge in [-0.25, -0.2) is 4.79 Å². The summed E-state index contributed by atoms with van der Waals surface area (Å²) in [5.74, 6) is -1.93. The van der Waals surface area contributed by atoms with Crippen LogP contribution in [-0.2, 0) is 28.6 Å². The van der Waals surface area contributed by atoms with Crippen LogP contribution in [0.15, 0.2) is 12.2 Å². The van der Waals surface area contributed by atoms with Gasteiger partial charge in [0.15, 0.2) is 0 Å². The summed E-state index contributed by atoms with van der Waals surface area (Å²) in [5.41, 5.74) is 0.451. The van der Waals surface area contributed by atoms with Crippen molar-refractivity contribution in [3.63, 3.8) is 0 Å². The quantitative estimate of drug-likeness (QED) is 0.232. The van der Waals surface area contributed by atoms with Crippen LogP contribution in [0, 0.1) is 0 Å². The minimum absolute atomic E-state index is 0.198. The number of ether oxygens (including phenoxy) is 3. The zero-order chi connectivity index (χ0) is 16.1. The van der Waals surface area contributed by atoms with Crippen LogP contribution in [0.4, 0.5) is 0 Å². The number of rotatable bonds is 10. The van der Waals surface area contributed by atoms with Gasteiger partial charge in [-0.15, -0.1) is 0 Å². The molecule has 0 heterocycles. The molecule has 0 saturated carbocycles. The van der Waals surface area contributed by atoms with Crippen molar-refractivity contribution in [3.8, 4) is 0 Å². The van der Waals surface area contributed by atoms with Gasteiger partial charge in [-0.3, -0.25) is 9.59 Å². The SMILES string of the molecule is C=C(C)C(=O)NCCOCCOCCNC(=O)C(=O)OC. The summed E-state index contributed by atoms with van der Waals surface area (Å²) >= 11 is 0. The van der Waals surface area contributed by atoms with E-state index in [1.807, 2.05) is 0 Å². The molecule has 8 heteroatoms. The van der Waals surface area contributed by atoms with Crippen molar-refractivity contribution in [2.24, 2.45) is 0 Å². The molecule has 0 aliphatic carbocycles. The molecule has 0 bridgehead atoms. The zero-order valence-electron chi connectivity index (χ0n) is 12.4. The van der Waals surface area contributed by atoms with Crippen molar-refractivity contribution < 1.29 is 28.6 Å². The molecule has 120 valence electrons. The molecular weight excluding hydrogens is 280 g/mol. The standard InChI is InChI=1S/C13H22N2O6/c1-10(2)11(16)14-4-6-20-8-9-21-7-5-15-12(17)13(18)19-3/h1,4-9H2,2-3H3,(H,14,16)(H,15,17). The maximum Gasteiger partial charge on any atom is 0.396 e. The lowest BCUT2D eigenvalue weighted by Gasteiger charge is -2.07. The maximum atomic E-state index is 11.1. The van der Waals surface area contributed by atoms with E-state index in [0.717, 1.165) is 7.11 Å². The molecular formula is C13H22N2O6. The van der Waals surface area contributed by atoms with Crippen LogP contribution in [0.25, 0.3) is 0 Å². The van der Waals surface area contributed by atoms with E-state index in [4.69, 9.17) is 9.47 Å². The molecule has 0 unspecified atom stereocenters. The number of carbonyl (C=O) groups excluding carboxylic acids is 3. The number of esters is 1. The van der Waals surface area contributed by atoms with Gasteiger partial charge in [-0.05, 0) is 6.92 Å². The first kappa shape index (κ1) is 19.1. The largest absolute Gasteiger partial charge is 0.462 e. The second-order valence-corrected chi connectivity index (χ2v) is 4.01. The Morgan fingerprint density at radius 3 is 1.81 bits per heavy atom. The molecule has 2 amide bonds. The predicted octanol–water partition coefficient (Wildman–Crippen LogP) is -0.999. The van der Waals surface area contributed by atoms with Crippen molar-refractivity contribution >= 4 is 17.8 Å². The van der Waals surface area contributed by atoms with Crippen LogP contribution in [0.5, 0.6) is 0 Å². The first-order valence-electron chi connectivity index (χ1n) is 6.44. The Kier molecular flexibility index (Phi) is 10.8. The third-order valence-corrected chi connectivity index (χ3v) is 2.19. The Labute approximate surface area is 123 Å². The summed E-state index contributed by atoms with van der Waals surface area (Å²) in [6, 6.07) is 0. The van der Waals surface area contributed by atoms with E-state index < -0.39 is 11.9 Å². The average molecular weight is 302 g/mol. The van der Waals surface area contributed by atoms with E-state index in [-0.39, 0.29) is 19.1 Å². The molecule has 0 radical (unpaired) electrons. The van der Waals surface area contributed by atoms with Crippen LogP contribution < -0.4 is 10.6 Å². The molecule has 2 N–H and O–H groups in total. The summed E-state index contributed by atoms with van der Waals surface area (Å²) < 4.78 is 14.6. The van der Waals surface area contributed by atoms with Crippen molar-refractivity contribution in [2.75, 3.05) is 46.6 Å². The lowest BCUT2D eigenvalue weighted by molar-refractivity contribution is -0.152. The predicted molar refractivity (Wildman–Crippen MR) is 74.5 cm³/mol. The monoisotopic (exact) mass is 302 g/mol. The molecule has 21 heavy (non-hydrogen) atoms. The van der Waals surface area contributed by atoms with E-state index >= 15 is 0 Å². The zero-order valence-corrected chi connectivity index (χ0v) is 12.4. The molecule has 0 saturated heterocycles. The number of carbonyl (C=O) groups is 3. The molecule has 0 aliphatic rings. The summed E-state index contributed by atoms with van der Waals surface area (Å²) in [4.78, 5) is 32.8. The van der Waals surface area contributed by atoms with Gasteiger partial charge in [0.25, 0.3) is 0 Å². The van der Waals surface area contributed by atoms with E-state index in [1.165, 1.54) is 0 Å². The third kappa shape index (κ3) is 10.5. The first-order chi connectivity index (χ1) is 9.99. The van der Waals surface area contributed by atoms with Gasteiger partial charge in [0.2, 0.25) is 5.91 Å². The Morgan fingerprint density at radius 2 is 1.38 bits per heavy atom. The topological polar surface area (TPSA) is 103 Å². The maximum absolute atomic E-state index is 11.1. The second kappa shape index (κ2) is 11.9. The highest BCUT2D eigenvalue weighted by Gasteiger charge is 2.11. The minimum atomic E-state index is -0.935. The highest BCUT2D eigenvalue weighted by atomic mass is 16.5. The summed E-state index contributed by atoms with van der Waals surface area (Å²) in [6.45, 7) is 7.11. The van der Waals surface area contributed by atoms with Gasteiger partial charge in [0, 0.05) is 18.7 Å². The Bertz CT molecular complexity index is 370. The Hall–Kier alpha value is -1.93. The second-order valence-electron chi connectivity index (χ2n) is 4.01. The molecule has 0 fully saturated rings. The van der Waals surface area contributed by atoms with Crippen molar-refractivity contribution in [1.29, 1.82) is 0 Å². The Morgan fingerprint density at radius 1 is 0.905 bits per heavy atom. The van der Waals surface area contributed by atoms with Crippen LogP contribution in [0.2, 0.25) is 0 Å². The van der Waals surface area contributed by atoms with Gasteiger partial charge < -0.3 is 24.8 Å². The first-order valence-corrected chi connectivity index (χ1v) is 6.44. The van der Waals surface area contributed by atoms with Crippen LogP contribution in [0.1, 0.15) is 6.92 Å². The normalized spacial score (nSPS) is 9.81. The third-order valence-electron chi connectivity index (χ3n) is 2.19. The molecule has 0 aromatic rings. The number of amides is 2. The molecule has 0 atom stereocenters. The van der Waals surface area contributed by atoms with Gasteiger partial charge >= 0.3 is 11.9 Å². The highest BCUT2D eigenvalue weighted by Crippen LogP contribution is 1.85. The number of nitrogens with one attached hydrogen (secondary N) is 2. The van der Waals surface area contributed by atoms with Crippen LogP contribution in [-0.4, -0.2) is 64.4 Å². The van der Waals surface area contributed by atoms with Crippen molar-refractivity contribution in [1.82, 2.24) is 10.6 Å².